The van der Waals surface area contributed by atoms with E-state index in [9.17, 15) is 4.79 Å². The van der Waals surface area contributed by atoms with Crippen molar-refractivity contribution in [2.75, 3.05) is 43.5 Å². The molecule has 0 atom stereocenters. The van der Waals surface area contributed by atoms with E-state index in [1.807, 2.05) is 19.9 Å². The molecule has 2 heterocycles. The molecular formula is C28H37N5O3. The number of anilines is 2. The van der Waals surface area contributed by atoms with Crippen LogP contribution >= 0.6 is 0 Å². The molecule has 192 valence electrons. The summed E-state index contributed by atoms with van der Waals surface area (Å²) in [6.45, 7) is 12.8. The lowest BCUT2D eigenvalue weighted by Crippen LogP contribution is -2.43. The van der Waals surface area contributed by atoms with Gasteiger partial charge in [0.25, 0.3) is 5.88 Å². The molecule has 8 nitrogen and oxygen atoms in total. The Morgan fingerprint density at radius 3 is 2.17 bits per heavy atom. The third kappa shape index (κ3) is 7.68. The van der Waals surface area contributed by atoms with Crippen molar-refractivity contribution in [1.82, 2.24) is 15.3 Å². The third-order valence-corrected chi connectivity index (χ3v) is 5.74. The molecule has 0 bridgehead atoms. The Kier molecular flexibility index (Phi) is 10.1. The lowest BCUT2D eigenvalue weighted by Gasteiger charge is -2.30. The van der Waals surface area contributed by atoms with Crippen molar-refractivity contribution in [3.05, 3.63) is 71.0 Å². The molecule has 0 saturated carbocycles. The summed E-state index contributed by atoms with van der Waals surface area (Å²) in [5, 5.41) is 5.95. The monoisotopic (exact) mass is 491 g/mol. The minimum absolute atomic E-state index is 0.262. The number of amides is 1. The van der Waals surface area contributed by atoms with E-state index < -0.39 is 6.09 Å². The number of ether oxygens (including phenoxy) is 2. The number of methoxy groups -OCH3 is 1. The van der Waals surface area contributed by atoms with Gasteiger partial charge in [-0.3, -0.25) is 5.32 Å². The van der Waals surface area contributed by atoms with Gasteiger partial charge in [0.05, 0.1) is 18.5 Å². The predicted octanol–water partition coefficient (Wildman–Crippen LogP) is 4.93. The molecule has 0 radical (unpaired) electrons. The second kappa shape index (κ2) is 13.4. The van der Waals surface area contributed by atoms with Crippen LogP contribution in [0.4, 0.5) is 16.3 Å². The lowest BCUT2D eigenvalue weighted by molar-refractivity contribution is 0.215. The van der Waals surface area contributed by atoms with E-state index in [0.29, 0.717) is 5.75 Å². The number of carbonyl (C=O) groups is 1. The zero-order chi connectivity index (χ0) is 25.9. The minimum Gasteiger partial charge on any atom is -0.478 e. The van der Waals surface area contributed by atoms with E-state index in [4.69, 9.17) is 9.47 Å². The number of piperazine rings is 1. The van der Waals surface area contributed by atoms with Crippen LogP contribution in [0.5, 0.6) is 11.6 Å². The summed E-state index contributed by atoms with van der Waals surface area (Å²) in [7, 11) is 1.49. The fourth-order valence-electron chi connectivity index (χ4n) is 4.05. The Bertz CT molecular complexity index is 1110. The SMILES string of the molecule is CCc1nc(NC(=O)Oc2ccccc2)c(OC)nc1CC.Cc1cc(C)cc(N2CCNCC2)c1. The molecule has 4 rings (SSSR count). The molecule has 3 aromatic rings. The first kappa shape index (κ1) is 26.9. The van der Waals surface area contributed by atoms with Gasteiger partial charge in [-0.05, 0) is 62.1 Å². The van der Waals surface area contributed by atoms with E-state index in [2.05, 4.69) is 57.5 Å². The van der Waals surface area contributed by atoms with Gasteiger partial charge in [-0.2, -0.15) is 0 Å². The number of para-hydroxylation sites is 1. The molecule has 1 aliphatic heterocycles. The van der Waals surface area contributed by atoms with Crippen molar-refractivity contribution in [3.8, 4) is 11.6 Å². The van der Waals surface area contributed by atoms with Gasteiger partial charge in [-0.25, -0.2) is 14.8 Å². The zero-order valence-corrected chi connectivity index (χ0v) is 21.9. The van der Waals surface area contributed by atoms with Gasteiger partial charge in [0.1, 0.15) is 5.75 Å². The maximum atomic E-state index is 11.9. The van der Waals surface area contributed by atoms with Crippen LogP contribution in [0.25, 0.3) is 0 Å². The van der Waals surface area contributed by atoms with E-state index in [1.54, 1.807) is 24.3 Å². The fourth-order valence-corrected chi connectivity index (χ4v) is 4.05. The summed E-state index contributed by atoms with van der Waals surface area (Å²) >= 11 is 0. The number of benzene rings is 2. The zero-order valence-electron chi connectivity index (χ0n) is 21.9. The van der Waals surface area contributed by atoms with Crippen LogP contribution in [0.3, 0.4) is 0 Å². The number of nitrogens with one attached hydrogen (secondary N) is 2. The summed E-state index contributed by atoms with van der Waals surface area (Å²) in [5.74, 6) is 0.990. The van der Waals surface area contributed by atoms with Crippen molar-refractivity contribution in [2.45, 2.75) is 40.5 Å². The standard InChI is InChI=1S/C16H19N3O3.C12H18N2/c1-4-12-13(5-2)18-15(21-3)14(17-12)19-16(20)22-11-9-7-6-8-10-11;1-10-7-11(2)9-12(8-10)14-5-3-13-4-6-14/h6-10H,4-5H2,1-3H3,(H,17,19,20);7-9,13H,3-6H2,1-2H3. The normalized spacial score (nSPS) is 12.9. The number of hydrogen-bond acceptors (Lipinski definition) is 7. The van der Waals surface area contributed by atoms with Crippen LogP contribution in [-0.4, -0.2) is 49.4 Å². The first-order chi connectivity index (χ1) is 17.4. The van der Waals surface area contributed by atoms with Crippen molar-refractivity contribution < 1.29 is 14.3 Å². The minimum atomic E-state index is -0.634. The van der Waals surface area contributed by atoms with E-state index in [0.717, 1.165) is 50.4 Å². The Labute approximate surface area is 214 Å². The summed E-state index contributed by atoms with van der Waals surface area (Å²) in [4.78, 5) is 23.2. The second-order valence-corrected chi connectivity index (χ2v) is 8.59. The highest BCUT2D eigenvalue weighted by atomic mass is 16.6. The number of carbonyl (C=O) groups excluding carboxylic acids is 1. The molecule has 1 aromatic heterocycles. The quantitative estimate of drug-likeness (QED) is 0.505. The molecule has 0 unspecified atom stereocenters. The number of aromatic nitrogens is 2. The molecule has 36 heavy (non-hydrogen) atoms. The maximum Gasteiger partial charge on any atom is 0.418 e. The highest BCUT2D eigenvalue weighted by molar-refractivity contribution is 5.86. The Morgan fingerprint density at radius 2 is 1.58 bits per heavy atom. The Hall–Kier alpha value is -3.65. The van der Waals surface area contributed by atoms with E-state index in [1.165, 1.54) is 23.9 Å². The van der Waals surface area contributed by atoms with E-state index >= 15 is 0 Å². The number of aryl methyl sites for hydroxylation is 4. The second-order valence-electron chi connectivity index (χ2n) is 8.59. The van der Waals surface area contributed by atoms with E-state index in [-0.39, 0.29) is 11.7 Å². The molecule has 1 fully saturated rings. The first-order valence-corrected chi connectivity index (χ1v) is 12.4. The molecule has 1 saturated heterocycles. The highest BCUT2D eigenvalue weighted by Crippen LogP contribution is 2.23. The van der Waals surface area contributed by atoms with Crippen LogP contribution in [0, 0.1) is 13.8 Å². The Balaban J connectivity index is 0.000000221. The van der Waals surface area contributed by atoms with Gasteiger partial charge in [-0.1, -0.05) is 38.1 Å². The molecule has 0 aliphatic carbocycles. The lowest BCUT2D eigenvalue weighted by atomic mass is 10.1. The average molecular weight is 492 g/mol. The molecule has 0 spiro atoms. The average Bonchev–Trinajstić information content (AvgIpc) is 2.89. The van der Waals surface area contributed by atoms with Crippen LogP contribution < -0.4 is 25.0 Å². The topological polar surface area (TPSA) is 88.6 Å². The molecule has 1 aliphatic rings. The maximum absolute atomic E-state index is 11.9. The van der Waals surface area contributed by atoms with Gasteiger partial charge in [-0.15, -0.1) is 0 Å². The van der Waals surface area contributed by atoms with Gasteiger partial charge >= 0.3 is 6.09 Å². The summed E-state index contributed by atoms with van der Waals surface area (Å²) < 4.78 is 10.4. The summed E-state index contributed by atoms with van der Waals surface area (Å²) in [6, 6.07) is 15.6. The largest absolute Gasteiger partial charge is 0.478 e. The molecule has 1 amide bonds. The predicted molar refractivity (Wildman–Crippen MR) is 144 cm³/mol. The van der Waals surface area contributed by atoms with Crippen molar-refractivity contribution in [2.24, 2.45) is 0 Å². The molecule has 2 aromatic carbocycles. The third-order valence-electron chi connectivity index (χ3n) is 5.74. The number of rotatable bonds is 6. The van der Waals surface area contributed by atoms with Crippen LogP contribution in [0.2, 0.25) is 0 Å². The smallest absolute Gasteiger partial charge is 0.418 e. The van der Waals surface area contributed by atoms with Crippen molar-refractivity contribution in [1.29, 1.82) is 0 Å². The first-order valence-electron chi connectivity index (χ1n) is 12.4. The number of hydrogen-bond donors (Lipinski definition) is 2. The molecular weight excluding hydrogens is 454 g/mol. The van der Waals surface area contributed by atoms with Gasteiger partial charge in [0.15, 0.2) is 5.82 Å². The van der Waals surface area contributed by atoms with Crippen molar-refractivity contribution >= 4 is 17.6 Å². The number of nitrogens with zero attached hydrogens (tertiary/aromatic N) is 3. The Morgan fingerprint density at radius 1 is 0.972 bits per heavy atom. The highest BCUT2D eigenvalue weighted by Gasteiger charge is 2.16. The van der Waals surface area contributed by atoms with Crippen LogP contribution in [0.15, 0.2) is 48.5 Å². The van der Waals surface area contributed by atoms with Crippen molar-refractivity contribution in [3.63, 3.8) is 0 Å². The van der Waals surface area contributed by atoms with Gasteiger partial charge in [0.2, 0.25) is 0 Å². The van der Waals surface area contributed by atoms with Gasteiger partial charge < -0.3 is 19.7 Å². The van der Waals surface area contributed by atoms with Gasteiger partial charge in [0, 0.05) is 31.9 Å². The molecule has 2 N–H and O–H groups in total. The summed E-state index contributed by atoms with van der Waals surface area (Å²) in [6.07, 6.45) is 0.842. The van der Waals surface area contributed by atoms with Crippen LogP contribution in [-0.2, 0) is 12.8 Å². The summed E-state index contributed by atoms with van der Waals surface area (Å²) in [5.41, 5.74) is 5.79. The fraction of sp³-hybridized carbons (Fsp3) is 0.393. The van der Waals surface area contributed by atoms with Crippen LogP contribution in [0.1, 0.15) is 36.4 Å². The molecule has 8 heteroatoms.